The number of thiophene rings is 1. The maximum absolute atomic E-state index is 11.8. The van der Waals surface area contributed by atoms with Crippen LogP contribution in [-0.2, 0) is 6.54 Å². The minimum absolute atomic E-state index is 0.0125. The van der Waals surface area contributed by atoms with E-state index in [4.69, 9.17) is 9.15 Å². The Morgan fingerprint density at radius 3 is 2.96 bits per heavy atom. The summed E-state index contributed by atoms with van der Waals surface area (Å²) >= 11 is 1.43. The van der Waals surface area contributed by atoms with E-state index in [0.29, 0.717) is 0 Å². The summed E-state index contributed by atoms with van der Waals surface area (Å²) in [4.78, 5) is 12.6. The fourth-order valence-corrected chi connectivity index (χ4v) is 2.87. The molecule has 0 aliphatic rings. The average Bonchev–Trinajstić information content (AvgIpc) is 3.19. The standard InChI is InChI=1S/C17H18N2O4S/c1-11-5-6-12(2)14(8-11)22-10-13(20)9-19-17(21)23-16(18-19)15-4-3-7-24-15/h3-8,13,20H,9-10H2,1-2H3/t13-/m0/s1. The van der Waals surface area contributed by atoms with Gasteiger partial charge < -0.3 is 14.3 Å². The van der Waals surface area contributed by atoms with E-state index in [0.717, 1.165) is 26.4 Å². The van der Waals surface area contributed by atoms with E-state index in [1.165, 1.54) is 11.3 Å². The lowest BCUT2D eigenvalue weighted by Gasteiger charge is -2.13. The Bertz CT molecular complexity index is 867. The molecule has 0 bridgehead atoms. The number of ether oxygens (including phenoxy) is 1. The van der Waals surface area contributed by atoms with Gasteiger partial charge in [0.2, 0.25) is 0 Å². The first kappa shape index (κ1) is 16.5. The molecule has 0 aliphatic heterocycles. The number of hydrogen-bond acceptors (Lipinski definition) is 6. The molecule has 126 valence electrons. The molecule has 0 fully saturated rings. The molecule has 1 aromatic carbocycles. The zero-order chi connectivity index (χ0) is 17.1. The van der Waals surface area contributed by atoms with E-state index in [9.17, 15) is 9.90 Å². The van der Waals surface area contributed by atoms with Gasteiger partial charge in [0.25, 0.3) is 5.89 Å². The first-order chi connectivity index (χ1) is 11.5. The van der Waals surface area contributed by atoms with Crippen LogP contribution >= 0.6 is 11.3 Å². The minimum atomic E-state index is -0.871. The third-order valence-electron chi connectivity index (χ3n) is 3.50. The van der Waals surface area contributed by atoms with Gasteiger partial charge in [-0.1, -0.05) is 18.2 Å². The van der Waals surface area contributed by atoms with E-state index in [-0.39, 0.29) is 19.0 Å². The Labute approximate surface area is 142 Å². The largest absolute Gasteiger partial charge is 0.491 e. The maximum Gasteiger partial charge on any atom is 0.437 e. The van der Waals surface area contributed by atoms with Gasteiger partial charge in [-0.05, 0) is 42.5 Å². The zero-order valence-electron chi connectivity index (χ0n) is 13.4. The highest BCUT2D eigenvalue weighted by molar-refractivity contribution is 7.13. The molecule has 3 aromatic rings. The normalized spacial score (nSPS) is 12.3. The summed E-state index contributed by atoms with van der Waals surface area (Å²) in [5, 5.41) is 16.1. The Balaban J connectivity index is 1.64. The molecule has 2 aromatic heterocycles. The third-order valence-corrected chi connectivity index (χ3v) is 4.35. The number of aryl methyl sites for hydroxylation is 2. The van der Waals surface area contributed by atoms with Crippen LogP contribution < -0.4 is 10.5 Å². The highest BCUT2D eigenvalue weighted by atomic mass is 32.1. The summed E-state index contributed by atoms with van der Waals surface area (Å²) in [5.41, 5.74) is 2.07. The molecule has 0 aliphatic carbocycles. The van der Waals surface area contributed by atoms with Crippen molar-refractivity contribution < 1.29 is 14.3 Å². The summed E-state index contributed by atoms with van der Waals surface area (Å²) < 4.78 is 11.9. The van der Waals surface area contributed by atoms with Gasteiger partial charge in [-0.3, -0.25) is 0 Å². The van der Waals surface area contributed by atoms with Crippen molar-refractivity contribution in [2.75, 3.05) is 6.61 Å². The molecule has 0 unspecified atom stereocenters. The van der Waals surface area contributed by atoms with Crippen LogP contribution in [0, 0.1) is 13.8 Å². The summed E-state index contributed by atoms with van der Waals surface area (Å²) in [6.07, 6.45) is -0.871. The average molecular weight is 346 g/mol. The van der Waals surface area contributed by atoms with Crippen molar-refractivity contribution >= 4 is 11.3 Å². The van der Waals surface area contributed by atoms with Crippen molar-refractivity contribution in [3.05, 3.63) is 57.4 Å². The van der Waals surface area contributed by atoms with Gasteiger partial charge in [-0.15, -0.1) is 16.4 Å². The van der Waals surface area contributed by atoms with Crippen LogP contribution in [0.25, 0.3) is 10.8 Å². The van der Waals surface area contributed by atoms with Crippen LogP contribution in [0.3, 0.4) is 0 Å². The zero-order valence-corrected chi connectivity index (χ0v) is 14.2. The lowest BCUT2D eigenvalue weighted by atomic mass is 10.1. The van der Waals surface area contributed by atoms with Crippen molar-refractivity contribution in [2.24, 2.45) is 0 Å². The number of benzene rings is 1. The molecule has 0 radical (unpaired) electrons. The number of aliphatic hydroxyl groups is 1. The van der Waals surface area contributed by atoms with E-state index < -0.39 is 11.9 Å². The van der Waals surface area contributed by atoms with Gasteiger partial charge in [-0.25, -0.2) is 4.79 Å². The quantitative estimate of drug-likeness (QED) is 0.742. The maximum atomic E-state index is 11.8. The fraction of sp³-hybridized carbons (Fsp3) is 0.294. The molecule has 1 N–H and O–H groups in total. The number of aromatic nitrogens is 2. The Hall–Kier alpha value is -2.38. The Kier molecular flexibility index (Phi) is 4.82. The van der Waals surface area contributed by atoms with Crippen molar-refractivity contribution in [1.29, 1.82) is 0 Å². The summed E-state index contributed by atoms with van der Waals surface area (Å²) in [5.74, 6) is 0.391. The lowest BCUT2D eigenvalue weighted by Crippen LogP contribution is -2.29. The molecule has 0 saturated heterocycles. The van der Waals surface area contributed by atoms with Crippen molar-refractivity contribution in [3.63, 3.8) is 0 Å². The van der Waals surface area contributed by atoms with Crippen LogP contribution in [0.2, 0.25) is 0 Å². The van der Waals surface area contributed by atoms with Gasteiger partial charge in [-0.2, -0.15) is 4.68 Å². The van der Waals surface area contributed by atoms with Crippen LogP contribution in [0.15, 0.2) is 44.9 Å². The molecular formula is C17H18N2O4S. The van der Waals surface area contributed by atoms with Gasteiger partial charge in [0.15, 0.2) is 0 Å². The number of rotatable bonds is 6. The summed E-state index contributed by atoms with van der Waals surface area (Å²) in [6.45, 7) is 4.00. The molecule has 24 heavy (non-hydrogen) atoms. The van der Waals surface area contributed by atoms with E-state index >= 15 is 0 Å². The second-order valence-electron chi connectivity index (χ2n) is 5.57. The van der Waals surface area contributed by atoms with Crippen LogP contribution in [0.1, 0.15) is 11.1 Å². The second-order valence-corrected chi connectivity index (χ2v) is 6.51. The van der Waals surface area contributed by atoms with Crippen molar-refractivity contribution in [3.8, 4) is 16.5 Å². The van der Waals surface area contributed by atoms with Crippen molar-refractivity contribution in [2.45, 2.75) is 26.5 Å². The van der Waals surface area contributed by atoms with Crippen LogP contribution in [-0.4, -0.2) is 27.6 Å². The third kappa shape index (κ3) is 3.74. The summed E-state index contributed by atoms with van der Waals surface area (Å²) in [6, 6.07) is 9.55. The molecule has 2 heterocycles. The topological polar surface area (TPSA) is 77.5 Å². The molecule has 0 saturated carbocycles. The first-order valence-corrected chi connectivity index (χ1v) is 8.41. The SMILES string of the molecule is Cc1ccc(C)c(OC[C@@H](O)Cn2nc(-c3cccs3)oc2=O)c1. The Morgan fingerprint density at radius 1 is 1.38 bits per heavy atom. The molecule has 1 atom stereocenters. The van der Waals surface area contributed by atoms with Gasteiger partial charge >= 0.3 is 5.76 Å². The predicted octanol–water partition coefficient (Wildman–Crippen LogP) is 2.62. The first-order valence-electron chi connectivity index (χ1n) is 7.53. The van der Waals surface area contributed by atoms with Crippen LogP contribution in [0.4, 0.5) is 0 Å². The molecule has 0 spiro atoms. The molecule has 7 heteroatoms. The smallest absolute Gasteiger partial charge is 0.437 e. The minimum Gasteiger partial charge on any atom is -0.491 e. The fourth-order valence-electron chi connectivity index (χ4n) is 2.22. The molecule has 6 nitrogen and oxygen atoms in total. The molecule has 3 rings (SSSR count). The monoisotopic (exact) mass is 346 g/mol. The number of aliphatic hydroxyl groups excluding tert-OH is 1. The lowest BCUT2D eigenvalue weighted by molar-refractivity contribution is 0.0872. The van der Waals surface area contributed by atoms with Gasteiger partial charge in [0.05, 0.1) is 11.4 Å². The van der Waals surface area contributed by atoms with Crippen LogP contribution in [0.5, 0.6) is 5.75 Å². The second kappa shape index (κ2) is 7.02. The number of hydrogen-bond donors (Lipinski definition) is 1. The van der Waals surface area contributed by atoms with Gasteiger partial charge in [0, 0.05) is 0 Å². The summed E-state index contributed by atoms with van der Waals surface area (Å²) in [7, 11) is 0. The van der Waals surface area contributed by atoms with E-state index in [1.54, 1.807) is 0 Å². The van der Waals surface area contributed by atoms with E-state index in [2.05, 4.69) is 5.10 Å². The van der Waals surface area contributed by atoms with Crippen molar-refractivity contribution in [1.82, 2.24) is 9.78 Å². The number of nitrogens with zero attached hydrogens (tertiary/aromatic N) is 2. The molecule has 0 amide bonds. The predicted molar refractivity (Wildman–Crippen MR) is 91.5 cm³/mol. The Morgan fingerprint density at radius 2 is 2.21 bits per heavy atom. The highest BCUT2D eigenvalue weighted by Crippen LogP contribution is 2.21. The molecular weight excluding hydrogens is 328 g/mol. The highest BCUT2D eigenvalue weighted by Gasteiger charge is 2.15. The van der Waals surface area contributed by atoms with E-state index in [1.807, 2.05) is 49.6 Å². The van der Waals surface area contributed by atoms with Gasteiger partial charge in [0.1, 0.15) is 18.5 Å².